The van der Waals surface area contributed by atoms with Gasteiger partial charge in [0, 0.05) is 12.1 Å². The molecule has 2 N–H and O–H groups in total. The summed E-state index contributed by atoms with van der Waals surface area (Å²) in [6, 6.07) is 13.9. The van der Waals surface area contributed by atoms with Crippen molar-refractivity contribution in [2.45, 2.75) is 85.0 Å². The van der Waals surface area contributed by atoms with E-state index in [-0.39, 0.29) is 24.3 Å². The number of amides is 3. The van der Waals surface area contributed by atoms with Gasteiger partial charge in [-0.05, 0) is 61.4 Å². The minimum Gasteiger partial charge on any atom is -0.444 e. The molecule has 0 saturated heterocycles. The molecule has 0 radical (unpaired) electrons. The molecule has 0 spiro atoms. The number of hydrogen-bond donors (Lipinski definition) is 2. The van der Waals surface area contributed by atoms with Crippen LogP contribution in [0.15, 0.2) is 48.5 Å². The number of benzene rings is 2. The van der Waals surface area contributed by atoms with Crippen LogP contribution in [0.1, 0.15) is 71.1 Å². The van der Waals surface area contributed by atoms with Crippen LogP contribution in [0.4, 0.5) is 10.5 Å². The highest BCUT2D eigenvalue weighted by molar-refractivity contribution is 5.98. The maximum atomic E-state index is 13.5. The van der Waals surface area contributed by atoms with E-state index in [0.29, 0.717) is 18.0 Å². The standard InChI is InChI=1S/C29H39N3O4/c1-18(2)20-12-14-23(15-13-20)30-27(34)25(19(3)4)31-26(33)24-16-21-10-8-9-11-22(21)17-32(24)28(35)36-29(5,6)7/h8-15,18-19,24-25H,16-17H2,1-7H3,(H,30,34)(H,31,33)/t24-,25-/m0/s1. The molecular formula is C29H39N3O4. The summed E-state index contributed by atoms with van der Waals surface area (Å²) in [5.74, 6) is -0.434. The molecule has 1 aliphatic heterocycles. The first-order valence-electron chi connectivity index (χ1n) is 12.6. The van der Waals surface area contributed by atoms with E-state index in [0.717, 1.165) is 11.1 Å². The van der Waals surface area contributed by atoms with Crippen LogP contribution in [0.2, 0.25) is 0 Å². The monoisotopic (exact) mass is 493 g/mol. The molecule has 7 nitrogen and oxygen atoms in total. The Labute approximate surface area is 214 Å². The molecule has 0 unspecified atom stereocenters. The Morgan fingerprint density at radius 1 is 0.944 bits per heavy atom. The lowest BCUT2D eigenvalue weighted by Crippen LogP contribution is -2.57. The summed E-state index contributed by atoms with van der Waals surface area (Å²) in [7, 11) is 0. The Balaban J connectivity index is 1.79. The van der Waals surface area contributed by atoms with Gasteiger partial charge >= 0.3 is 6.09 Å². The molecule has 0 aromatic heterocycles. The van der Waals surface area contributed by atoms with Crippen LogP contribution >= 0.6 is 0 Å². The van der Waals surface area contributed by atoms with Crippen molar-refractivity contribution < 1.29 is 19.1 Å². The average Bonchev–Trinajstić information content (AvgIpc) is 2.80. The van der Waals surface area contributed by atoms with Crippen LogP contribution in [-0.2, 0) is 27.3 Å². The fourth-order valence-electron chi connectivity index (χ4n) is 4.23. The summed E-state index contributed by atoms with van der Waals surface area (Å²) in [6.45, 7) is 13.6. The Hall–Kier alpha value is -3.35. The van der Waals surface area contributed by atoms with Gasteiger partial charge in [-0.25, -0.2) is 4.79 Å². The molecule has 0 fully saturated rings. The van der Waals surface area contributed by atoms with E-state index in [1.54, 1.807) is 20.8 Å². The lowest BCUT2D eigenvalue weighted by atomic mass is 9.93. The minimum atomic E-state index is -0.783. The largest absolute Gasteiger partial charge is 0.444 e. The number of nitrogens with one attached hydrogen (secondary N) is 2. The number of anilines is 1. The predicted octanol–water partition coefficient (Wildman–Crippen LogP) is 5.25. The van der Waals surface area contributed by atoms with Gasteiger partial charge in [0.05, 0.1) is 6.54 Å². The molecular weight excluding hydrogens is 454 g/mol. The third-order valence-corrected chi connectivity index (χ3v) is 6.27. The van der Waals surface area contributed by atoms with Gasteiger partial charge in [-0.3, -0.25) is 14.5 Å². The smallest absolute Gasteiger partial charge is 0.411 e. The number of ether oxygens (including phenoxy) is 1. The van der Waals surface area contributed by atoms with Gasteiger partial charge in [-0.2, -0.15) is 0 Å². The lowest BCUT2D eigenvalue weighted by molar-refractivity contribution is -0.131. The van der Waals surface area contributed by atoms with Gasteiger partial charge in [0.2, 0.25) is 11.8 Å². The number of fused-ring (bicyclic) bond motifs is 1. The highest BCUT2D eigenvalue weighted by Gasteiger charge is 2.38. The summed E-state index contributed by atoms with van der Waals surface area (Å²) in [4.78, 5) is 41.2. The molecule has 0 bridgehead atoms. The molecule has 2 atom stereocenters. The van der Waals surface area contributed by atoms with Crippen molar-refractivity contribution >= 4 is 23.6 Å². The first-order valence-corrected chi connectivity index (χ1v) is 12.6. The van der Waals surface area contributed by atoms with E-state index in [2.05, 4.69) is 24.5 Å². The Kier molecular flexibility index (Phi) is 8.43. The van der Waals surface area contributed by atoms with E-state index in [4.69, 9.17) is 4.74 Å². The molecule has 3 amide bonds. The second-order valence-corrected chi connectivity index (χ2v) is 11.1. The van der Waals surface area contributed by atoms with Gasteiger partial charge < -0.3 is 15.4 Å². The van der Waals surface area contributed by atoms with Crippen LogP contribution in [-0.4, -0.2) is 40.5 Å². The van der Waals surface area contributed by atoms with Crippen molar-refractivity contribution in [2.75, 3.05) is 5.32 Å². The van der Waals surface area contributed by atoms with Crippen LogP contribution < -0.4 is 10.6 Å². The molecule has 7 heteroatoms. The first kappa shape index (κ1) is 27.2. The zero-order valence-corrected chi connectivity index (χ0v) is 22.4. The van der Waals surface area contributed by atoms with Crippen molar-refractivity contribution in [3.63, 3.8) is 0 Å². The van der Waals surface area contributed by atoms with Gasteiger partial charge in [-0.15, -0.1) is 0 Å². The molecule has 0 aliphatic carbocycles. The normalized spacial score (nSPS) is 16.4. The first-order chi connectivity index (χ1) is 16.9. The van der Waals surface area contributed by atoms with Gasteiger partial charge in [0.1, 0.15) is 17.7 Å². The van der Waals surface area contributed by atoms with E-state index < -0.39 is 23.8 Å². The predicted molar refractivity (Wildman–Crippen MR) is 142 cm³/mol. The molecule has 1 heterocycles. The second kappa shape index (κ2) is 11.1. The van der Waals surface area contributed by atoms with Crippen molar-refractivity contribution in [3.8, 4) is 0 Å². The van der Waals surface area contributed by atoms with Crippen molar-refractivity contribution in [3.05, 3.63) is 65.2 Å². The third kappa shape index (κ3) is 6.86. The Morgan fingerprint density at radius 2 is 1.56 bits per heavy atom. The molecule has 36 heavy (non-hydrogen) atoms. The van der Waals surface area contributed by atoms with Crippen LogP contribution in [0, 0.1) is 5.92 Å². The second-order valence-electron chi connectivity index (χ2n) is 11.1. The zero-order valence-electron chi connectivity index (χ0n) is 22.4. The molecule has 194 valence electrons. The number of nitrogens with zero attached hydrogens (tertiary/aromatic N) is 1. The van der Waals surface area contributed by atoms with E-state index >= 15 is 0 Å². The minimum absolute atomic E-state index is 0.158. The molecule has 1 aliphatic rings. The Morgan fingerprint density at radius 3 is 2.11 bits per heavy atom. The van der Waals surface area contributed by atoms with E-state index in [9.17, 15) is 14.4 Å². The highest BCUT2D eigenvalue weighted by Crippen LogP contribution is 2.26. The summed E-state index contributed by atoms with van der Waals surface area (Å²) < 4.78 is 5.61. The molecule has 3 rings (SSSR count). The maximum absolute atomic E-state index is 13.5. The van der Waals surface area contributed by atoms with Crippen molar-refractivity contribution in [1.82, 2.24) is 10.2 Å². The summed E-state index contributed by atoms with van der Waals surface area (Å²) in [5.41, 5.74) is 3.15. The zero-order chi connectivity index (χ0) is 26.6. The maximum Gasteiger partial charge on any atom is 0.411 e. The van der Waals surface area contributed by atoms with Gasteiger partial charge in [0.25, 0.3) is 0 Å². The van der Waals surface area contributed by atoms with Crippen molar-refractivity contribution in [2.24, 2.45) is 5.92 Å². The Bertz CT molecular complexity index is 1090. The summed E-state index contributed by atoms with van der Waals surface area (Å²) >= 11 is 0. The van der Waals surface area contributed by atoms with Crippen LogP contribution in [0.25, 0.3) is 0 Å². The molecule has 2 aromatic carbocycles. The number of carbonyl (C=O) groups is 3. The van der Waals surface area contributed by atoms with Crippen LogP contribution in [0.3, 0.4) is 0 Å². The topological polar surface area (TPSA) is 87.7 Å². The van der Waals surface area contributed by atoms with Gasteiger partial charge in [-0.1, -0.05) is 64.1 Å². The van der Waals surface area contributed by atoms with Gasteiger partial charge in [0.15, 0.2) is 0 Å². The number of carbonyl (C=O) groups excluding carboxylic acids is 3. The average molecular weight is 494 g/mol. The number of hydrogen-bond acceptors (Lipinski definition) is 4. The van der Waals surface area contributed by atoms with E-state index in [1.807, 2.05) is 62.4 Å². The number of rotatable bonds is 6. The fourth-order valence-corrected chi connectivity index (χ4v) is 4.23. The molecule has 0 saturated carbocycles. The van der Waals surface area contributed by atoms with Crippen molar-refractivity contribution in [1.29, 1.82) is 0 Å². The fraction of sp³-hybridized carbons (Fsp3) is 0.483. The van der Waals surface area contributed by atoms with E-state index in [1.165, 1.54) is 10.5 Å². The summed E-state index contributed by atoms with van der Waals surface area (Å²) in [6.07, 6.45) is -0.197. The SMILES string of the molecule is CC(C)c1ccc(NC(=O)[C@@H](NC(=O)[C@@H]2Cc3ccccc3CN2C(=O)OC(C)(C)C)C(C)C)cc1. The quantitative estimate of drug-likeness (QED) is 0.575. The summed E-state index contributed by atoms with van der Waals surface area (Å²) in [5, 5.41) is 5.83. The van der Waals surface area contributed by atoms with Crippen LogP contribution in [0.5, 0.6) is 0 Å². The lowest BCUT2D eigenvalue weighted by Gasteiger charge is -2.37. The molecule has 2 aromatic rings. The highest BCUT2D eigenvalue weighted by atomic mass is 16.6. The third-order valence-electron chi connectivity index (χ3n) is 6.27.